The summed E-state index contributed by atoms with van der Waals surface area (Å²) in [4.78, 5) is 12.0. The van der Waals surface area contributed by atoms with Crippen molar-refractivity contribution in [3.8, 4) is 5.75 Å². The molecule has 0 fully saturated rings. The first-order valence-corrected chi connectivity index (χ1v) is 10.6. The van der Waals surface area contributed by atoms with Gasteiger partial charge in [-0.3, -0.25) is 0 Å². The summed E-state index contributed by atoms with van der Waals surface area (Å²) in [6.45, 7) is 8.81. The Morgan fingerprint density at radius 2 is 2.04 bits per heavy atom. The summed E-state index contributed by atoms with van der Waals surface area (Å²) >= 11 is 0. The van der Waals surface area contributed by atoms with E-state index in [4.69, 9.17) is 9.47 Å². The third-order valence-electron chi connectivity index (χ3n) is 3.56. The number of hydrogen-bond donors (Lipinski definition) is 1. The van der Waals surface area contributed by atoms with Crippen LogP contribution in [0.5, 0.6) is 5.75 Å². The lowest BCUT2D eigenvalue weighted by atomic mass is 10.1. The van der Waals surface area contributed by atoms with Gasteiger partial charge in [0, 0.05) is 0 Å². The highest BCUT2D eigenvalue weighted by Gasteiger charge is 2.15. The SMILES string of the molecule is CCCCCCOC(=O)N[C@@H](CPC)c1cccc(OC(C)C)c1. The molecular weight excluding hydrogens is 321 g/mol. The molecule has 1 aromatic carbocycles. The molecule has 5 heteroatoms. The van der Waals surface area contributed by atoms with Gasteiger partial charge in [0.05, 0.1) is 18.8 Å². The van der Waals surface area contributed by atoms with E-state index in [1.54, 1.807) is 0 Å². The Morgan fingerprint density at radius 1 is 1.25 bits per heavy atom. The summed E-state index contributed by atoms with van der Waals surface area (Å²) in [6, 6.07) is 7.91. The van der Waals surface area contributed by atoms with Crippen LogP contribution >= 0.6 is 8.58 Å². The summed E-state index contributed by atoms with van der Waals surface area (Å²) in [6.07, 6.45) is 5.11. The van der Waals surface area contributed by atoms with Gasteiger partial charge in [0.1, 0.15) is 5.75 Å². The molecule has 0 aliphatic heterocycles. The fourth-order valence-corrected chi connectivity index (χ4v) is 3.16. The zero-order chi connectivity index (χ0) is 17.8. The van der Waals surface area contributed by atoms with Gasteiger partial charge >= 0.3 is 6.09 Å². The van der Waals surface area contributed by atoms with Gasteiger partial charge in [-0.05, 0) is 50.8 Å². The maximum absolute atomic E-state index is 12.0. The lowest BCUT2D eigenvalue weighted by molar-refractivity contribution is 0.140. The highest BCUT2D eigenvalue weighted by molar-refractivity contribution is 7.37. The third-order valence-corrected chi connectivity index (χ3v) is 4.38. The van der Waals surface area contributed by atoms with Gasteiger partial charge in [0.2, 0.25) is 0 Å². The van der Waals surface area contributed by atoms with E-state index in [-0.39, 0.29) is 18.2 Å². The van der Waals surface area contributed by atoms with Crippen LogP contribution in [0.4, 0.5) is 4.79 Å². The van der Waals surface area contributed by atoms with E-state index in [1.807, 2.05) is 38.1 Å². The zero-order valence-electron chi connectivity index (χ0n) is 15.4. The second kappa shape index (κ2) is 12.1. The highest BCUT2D eigenvalue weighted by atomic mass is 31.1. The highest BCUT2D eigenvalue weighted by Crippen LogP contribution is 2.24. The van der Waals surface area contributed by atoms with Crippen LogP contribution in [0.25, 0.3) is 0 Å². The van der Waals surface area contributed by atoms with Crippen LogP contribution in [0.15, 0.2) is 24.3 Å². The van der Waals surface area contributed by atoms with E-state index in [0.29, 0.717) is 6.61 Å². The molecule has 0 bridgehead atoms. The molecule has 1 aromatic rings. The second-order valence-corrected chi connectivity index (χ2v) is 7.31. The molecule has 0 spiro atoms. The fraction of sp³-hybridized carbons (Fsp3) is 0.632. The van der Waals surface area contributed by atoms with Crippen LogP contribution in [0.2, 0.25) is 0 Å². The van der Waals surface area contributed by atoms with Crippen LogP contribution in [-0.4, -0.2) is 31.6 Å². The first-order valence-electron chi connectivity index (χ1n) is 8.91. The Labute approximate surface area is 148 Å². The topological polar surface area (TPSA) is 47.6 Å². The first kappa shape index (κ1) is 20.8. The predicted molar refractivity (Wildman–Crippen MR) is 103 cm³/mol. The molecule has 0 radical (unpaired) electrons. The van der Waals surface area contributed by atoms with Gasteiger partial charge in [-0.25, -0.2) is 4.79 Å². The maximum atomic E-state index is 12.0. The minimum Gasteiger partial charge on any atom is -0.491 e. The van der Waals surface area contributed by atoms with Crippen molar-refractivity contribution >= 4 is 14.7 Å². The second-order valence-electron chi connectivity index (χ2n) is 6.19. The largest absolute Gasteiger partial charge is 0.491 e. The van der Waals surface area contributed by atoms with Gasteiger partial charge in [0.15, 0.2) is 0 Å². The maximum Gasteiger partial charge on any atom is 0.407 e. The van der Waals surface area contributed by atoms with Gasteiger partial charge in [0.25, 0.3) is 0 Å². The van der Waals surface area contributed by atoms with Crippen LogP contribution in [0.3, 0.4) is 0 Å². The minimum absolute atomic E-state index is 0.0350. The van der Waals surface area contributed by atoms with Crippen molar-refractivity contribution in [2.75, 3.05) is 19.4 Å². The Kier molecular flexibility index (Phi) is 10.5. The van der Waals surface area contributed by atoms with Crippen molar-refractivity contribution < 1.29 is 14.3 Å². The normalized spacial score (nSPS) is 12.5. The molecular formula is C19H32NO3P. The predicted octanol–water partition coefficient (Wildman–Crippen LogP) is 5.13. The number of unbranched alkanes of at least 4 members (excludes halogenated alkanes) is 3. The number of carbonyl (C=O) groups excluding carboxylic acids is 1. The van der Waals surface area contributed by atoms with Crippen molar-refractivity contribution in [3.63, 3.8) is 0 Å². The standard InChI is InChI=1S/C19H32NO3P/c1-5-6-7-8-12-22-19(21)20-18(14-24-4)16-10-9-11-17(13-16)23-15(2)3/h9-11,13,15,18,24H,5-8,12,14H2,1-4H3,(H,20,21)/t18-/m0/s1. The third kappa shape index (κ3) is 8.54. The number of amides is 1. The monoisotopic (exact) mass is 353 g/mol. The molecule has 0 saturated carbocycles. The summed E-state index contributed by atoms with van der Waals surface area (Å²) in [5.41, 5.74) is 1.06. The molecule has 0 saturated heterocycles. The lowest BCUT2D eigenvalue weighted by Gasteiger charge is -2.20. The number of hydrogen-bond acceptors (Lipinski definition) is 3. The van der Waals surface area contributed by atoms with E-state index < -0.39 is 0 Å². The lowest BCUT2D eigenvalue weighted by Crippen LogP contribution is -2.30. The first-order chi connectivity index (χ1) is 11.6. The average molecular weight is 353 g/mol. The molecule has 0 aliphatic carbocycles. The summed E-state index contributed by atoms with van der Waals surface area (Å²) < 4.78 is 11.1. The minimum atomic E-state index is -0.329. The van der Waals surface area contributed by atoms with Crippen molar-refractivity contribution in [3.05, 3.63) is 29.8 Å². The van der Waals surface area contributed by atoms with E-state index in [9.17, 15) is 4.79 Å². The van der Waals surface area contributed by atoms with E-state index in [2.05, 4.69) is 18.9 Å². The fourth-order valence-electron chi connectivity index (χ4n) is 2.41. The Morgan fingerprint density at radius 3 is 2.71 bits per heavy atom. The summed E-state index contributed by atoms with van der Waals surface area (Å²) in [5, 5.41) is 3.00. The molecule has 1 amide bonds. The van der Waals surface area contributed by atoms with Gasteiger partial charge in [-0.2, -0.15) is 0 Å². The number of alkyl carbamates (subject to hydrolysis) is 1. The molecule has 4 nitrogen and oxygen atoms in total. The Bertz CT molecular complexity index is 479. The quantitative estimate of drug-likeness (QED) is 0.443. The number of carbonyl (C=O) groups is 1. The Balaban J connectivity index is 2.58. The van der Waals surface area contributed by atoms with Crippen molar-refractivity contribution in [2.24, 2.45) is 0 Å². The van der Waals surface area contributed by atoms with E-state index in [1.165, 1.54) is 12.8 Å². The van der Waals surface area contributed by atoms with Gasteiger partial charge < -0.3 is 14.8 Å². The molecule has 0 aromatic heterocycles. The Hall–Kier alpha value is -1.28. The van der Waals surface area contributed by atoms with Crippen LogP contribution in [0, 0.1) is 0 Å². The summed E-state index contributed by atoms with van der Waals surface area (Å²) in [7, 11) is 0.747. The molecule has 0 heterocycles. The molecule has 24 heavy (non-hydrogen) atoms. The molecule has 2 atom stereocenters. The van der Waals surface area contributed by atoms with Crippen LogP contribution in [-0.2, 0) is 4.74 Å². The van der Waals surface area contributed by atoms with Crippen LogP contribution in [0.1, 0.15) is 58.1 Å². The van der Waals surface area contributed by atoms with Crippen molar-refractivity contribution in [2.45, 2.75) is 58.6 Å². The summed E-state index contributed by atoms with van der Waals surface area (Å²) in [5.74, 6) is 0.835. The van der Waals surface area contributed by atoms with E-state index in [0.717, 1.165) is 38.9 Å². The molecule has 1 rings (SSSR count). The van der Waals surface area contributed by atoms with E-state index >= 15 is 0 Å². The van der Waals surface area contributed by atoms with Gasteiger partial charge in [-0.15, -0.1) is 8.58 Å². The molecule has 136 valence electrons. The van der Waals surface area contributed by atoms with Gasteiger partial charge in [-0.1, -0.05) is 38.3 Å². The molecule has 1 unspecified atom stereocenters. The average Bonchev–Trinajstić information content (AvgIpc) is 2.54. The number of ether oxygens (including phenoxy) is 2. The zero-order valence-corrected chi connectivity index (χ0v) is 16.4. The van der Waals surface area contributed by atoms with Crippen molar-refractivity contribution in [1.82, 2.24) is 5.32 Å². The molecule has 1 N–H and O–H groups in total. The van der Waals surface area contributed by atoms with Crippen LogP contribution < -0.4 is 10.1 Å². The smallest absolute Gasteiger partial charge is 0.407 e. The molecule has 0 aliphatic rings. The number of nitrogens with one attached hydrogen (secondary N) is 1. The number of rotatable bonds is 11. The number of benzene rings is 1. The van der Waals surface area contributed by atoms with Crippen molar-refractivity contribution in [1.29, 1.82) is 0 Å².